The largest absolute Gasteiger partial charge is 0.326 e. The molecule has 4 heteroatoms. The van der Waals surface area contributed by atoms with E-state index in [0.717, 1.165) is 22.2 Å². The van der Waals surface area contributed by atoms with Gasteiger partial charge in [-0.05, 0) is 25.1 Å². The summed E-state index contributed by atoms with van der Waals surface area (Å²) >= 11 is 0. The van der Waals surface area contributed by atoms with Crippen molar-refractivity contribution in [3.63, 3.8) is 0 Å². The second-order valence-corrected chi connectivity index (χ2v) is 4.13. The molecule has 18 heavy (non-hydrogen) atoms. The molecule has 0 atom stereocenters. The van der Waals surface area contributed by atoms with Crippen LogP contribution in [0.2, 0.25) is 0 Å². The number of nitrogens with one attached hydrogen (secondary N) is 1. The van der Waals surface area contributed by atoms with E-state index in [0.29, 0.717) is 5.69 Å². The van der Waals surface area contributed by atoms with Crippen molar-refractivity contribution in [2.24, 2.45) is 0 Å². The van der Waals surface area contributed by atoms with Crippen LogP contribution in [-0.2, 0) is 0 Å². The first-order valence-electron chi connectivity index (χ1n) is 5.65. The minimum absolute atomic E-state index is 0.183. The summed E-state index contributed by atoms with van der Waals surface area (Å²) in [6, 6.07) is 9.66. The van der Waals surface area contributed by atoms with E-state index in [-0.39, 0.29) is 5.56 Å². The van der Waals surface area contributed by atoms with Crippen molar-refractivity contribution >= 4 is 10.9 Å². The van der Waals surface area contributed by atoms with E-state index in [1.807, 2.05) is 37.3 Å². The fraction of sp³-hybridized carbons (Fsp3) is 0.0714. The zero-order chi connectivity index (χ0) is 12.5. The van der Waals surface area contributed by atoms with E-state index in [9.17, 15) is 4.79 Å². The number of pyridine rings is 1. The van der Waals surface area contributed by atoms with Crippen molar-refractivity contribution in [2.45, 2.75) is 6.92 Å². The zero-order valence-electron chi connectivity index (χ0n) is 9.84. The van der Waals surface area contributed by atoms with Gasteiger partial charge in [0.05, 0.1) is 5.52 Å². The highest BCUT2D eigenvalue weighted by Crippen LogP contribution is 2.19. The van der Waals surface area contributed by atoms with E-state index >= 15 is 0 Å². The summed E-state index contributed by atoms with van der Waals surface area (Å²) in [7, 11) is 0. The molecule has 0 spiro atoms. The van der Waals surface area contributed by atoms with Gasteiger partial charge in [0.25, 0.3) is 5.56 Å². The van der Waals surface area contributed by atoms with Gasteiger partial charge in [-0.25, -0.2) is 4.98 Å². The van der Waals surface area contributed by atoms with Gasteiger partial charge in [0.2, 0.25) is 0 Å². The van der Waals surface area contributed by atoms with Crippen LogP contribution in [0.25, 0.3) is 22.2 Å². The smallest absolute Gasteiger partial charge is 0.274 e. The molecule has 0 saturated carbocycles. The van der Waals surface area contributed by atoms with E-state index in [1.54, 1.807) is 6.20 Å². The predicted octanol–water partition coefficient (Wildman–Crippen LogP) is 2.29. The summed E-state index contributed by atoms with van der Waals surface area (Å²) < 4.78 is 0. The predicted molar refractivity (Wildman–Crippen MR) is 70.3 cm³/mol. The molecule has 3 rings (SSSR count). The maximum absolute atomic E-state index is 11.7. The summed E-state index contributed by atoms with van der Waals surface area (Å²) in [5.74, 6) is 0. The second-order valence-electron chi connectivity index (χ2n) is 4.13. The van der Waals surface area contributed by atoms with Crippen LogP contribution in [0.3, 0.4) is 0 Å². The van der Waals surface area contributed by atoms with Crippen LogP contribution in [-0.4, -0.2) is 15.0 Å². The van der Waals surface area contributed by atoms with Gasteiger partial charge in [-0.15, -0.1) is 0 Å². The highest BCUT2D eigenvalue weighted by atomic mass is 16.1. The summed E-state index contributed by atoms with van der Waals surface area (Å²) in [4.78, 5) is 22.8. The summed E-state index contributed by atoms with van der Waals surface area (Å²) in [6.45, 7) is 1.96. The average molecular weight is 237 g/mol. The molecule has 0 fully saturated rings. The SMILES string of the molecule is Cc1ccc2cc(-c3ncc[nH]c3=O)ccc2n1. The van der Waals surface area contributed by atoms with Crippen LogP contribution < -0.4 is 5.56 Å². The maximum atomic E-state index is 11.7. The number of fused-ring (bicyclic) bond motifs is 1. The van der Waals surface area contributed by atoms with E-state index < -0.39 is 0 Å². The minimum Gasteiger partial charge on any atom is -0.326 e. The number of aromatic amines is 1. The molecule has 0 aliphatic heterocycles. The Morgan fingerprint density at radius 2 is 2.06 bits per heavy atom. The molecule has 88 valence electrons. The van der Waals surface area contributed by atoms with Crippen molar-refractivity contribution in [1.82, 2.24) is 15.0 Å². The van der Waals surface area contributed by atoms with E-state index in [4.69, 9.17) is 0 Å². The first-order chi connectivity index (χ1) is 8.74. The third-order valence-electron chi connectivity index (χ3n) is 2.81. The van der Waals surface area contributed by atoms with Gasteiger partial charge in [0.1, 0.15) is 5.69 Å². The lowest BCUT2D eigenvalue weighted by Crippen LogP contribution is -2.09. The van der Waals surface area contributed by atoms with Crippen molar-refractivity contribution < 1.29 is 0 Å². The first kappa shape index (κ1) is 10.7. The lowest BCUT2D eigenvalue weighted by Gasteiger charge is -2.02. The number of nitrogens with zero attached hydrogens (tertiary/aromatic N) is 2. The molecule has 2 aromatic heterocycles. The molecule has 3 aromatic rings. The number of rotatable bonds is 1. The highest BCUT2D eigenvalue weighted by molar-refractivity contribution is 5.83. The second kappa shape index (κ2) is 4.07. The molecule has 0 radical (unpaired) electrons. The van der Waals surface area contributed by atoms with Crippen LogP contribution in [0.4, 0.5) is 0 Å². The Morgan fingerprint density at radius 1 is 1.17 bits per heavy atom. The van der Waals surface area contributed by atoms with Crippen LogP contribution >= 0.6 is 0 Å². The number of hydrogen-bond donors (Lipinski definition) is 1. The minimum atomic E-state index is -0.183. The Balaban J connectivity index is 2.23. The van der Waals surface area contributed by atoms with Crippen LogP contribution in [0.1, 0.15) is 5.69 Å². The molecular formula is C14H11N3O. The molecule has 0 saturated heterocycles. The molecular weight excluding hydrogens is 226 g/mol. The van der Waals surface area contributed by atoms with Crippen LogP contribution in [0, 0.1) is 6.92 Å². The van der Waals surface area contributed by atoms with Gasteiger partial charge in [-0.2, -0.15) is 0 Å². The van der Waals surface area contributed by atoms with Gasteiger partial charge < -0.3 is 4.98 Å². The van der Waals surface area contributed by atoms with Crippen LogP contribution in [0.15, 0.2) is 47.5 Å². The molecule has 4 nitrogen and oxygen atoms in total. The lowest BCUT2D eigenvalue weighted by molar-refractivity contribution is 1.14. The molecule has 0 aliphatic rings. The van der Waals surface area contributed by atoms with Gasteiger partial charge >= 0.3 is 0 Å². The van der Waals surface area contributed by atoms with Gasteiger partial charge in [0.15, 0.2) is 0 Å². The monoisotopic (exact) mass is 237 g/mol. The Bertz CT molecular complexity index is 777. The summed E-state index contributed by atoms with van der Waals surface area (Å²) in [5.41, 5.74) is 2.95. The number of aromatic nitrogens is 3. The summed E-state index contributed by atoms with van der Waals surface area (Å²) in [5, 5.41) is 1.00. The Labute approximate surface area is 103 Å². The van der Waals surface area contributed by atoms with Crippen molar-refractivity contribution in [1.29, 1.82) is 0 Å². The van der Waals surface area contributed by atoms with Crippen molar-refractivity contribution in [2.75, 3.05) is 0 Å². The van der Waals surface area contributed by atoms with Crippen molar-refractivity contribution in [3.05, 3.63) is 58.8 Å². The Kier molecular flexibility index (Phi) is 2.41. The van der Waals surface area contributed by atoms with Crippen molar-refractivity contribution in [3.8, 4) is 11.3 Å². The molecule has 1 N–H and O–H groups in total. The quantitative estimate of drug-likeness (QED) is 0.706. The molecule has 0 amide bonds. The third kappa shape index (κ3) is 1.78. The topological polar surface area (TPSA) is 58.6 Å². The van der Waals surface area contributed by atoms with Gasteiger partial charge in [-0.3, -0.25) is 9.78 Å². The number of H-pyrrole nitrogens is 1. The van der Waals surface area contributed by atoms with E-state index in [2.05, 4.69) is 15.0 Å². The van der Waals surface area contributed by atoms with Crippen LogP contribution in [0.5, 0.6) is 0 Å². The average Bonchev–Trinajstić information content (AvgIpc) is 2.39. The summed E-state index contributed by atoms with van der Waals surface area (Å²) in [6.07, 6.45) is 3.10. The Morgan fingerprint density at radius 3 is 2.89 bits per heavy atom. The zero-order valence-corrected chi connectivity index (χ0v) is 9.84. The number of benzene rings is 1. The fourth-order valence-corrected chi connectivity index (χ4v) is 1.93. The maximum Gasteiger partial charge on any atom is 0.274 e. The van der Waals surface area contributed by atoms with E-state index in [1.165, 1.54) is 6.20 Å². The Hall–Kier alpha value is -2.49. The highest BCUT2D eigenvalue weighted by Gasteiger charge is 2.05. The molecule has 0 unspecified atom stereocenters. The standard InChI is InChI=1S/C14H11N3O/c1-9-2-3-10-8-11(4-5-12(10)17-9)13-14(18)16-7-6-15-13/h2-8H,1H3,(H,16,18). The fourth-order valence-electron chi connectivity index (χ4n) is 1.93. The third-order valence-corrected chi connectivity index (χ3v) is 2.81. The number of hydrogen-bond acceptors (Lipinski definition) is 3. The first-order valence-corrected chi connectivity index (χ1v) is 5.65. The van der Waals surface area contributed by atoms with Gasteiger partial charge in [0, 0.05) is 29.0 Å². The molecule has 0 bridgehead atoms. The molecule has 2 heterocycles. The number of aryl methyl sites for hydroxylation is 1. The molecule has 1 aromatic carbocycles. The normalized spacial score (nSPS) is 10.7. The van der Waals surface area contributed by atoms with Gasteiger partial charge in [-0.1, -0.05) is 12.1 Å². The molecule has 0 aliphatic carbocycles. The lowest BCUT2D eigenvalue weighted by atomic mass is 10.1.